The van der Waals surface area contributed by atoms with E-state index in [2.05, 4.69) is 5.32 Å². The van der Waals surface area contributed by atoms with Crippen LogP contribution in [0, 0.1) is 0 Å². The zero-order chi connectivity index (χ0) is 12.4. The van der Waals surface area contributed by atoms with E-state index in [9.17, 15) is 0 Å². The highest BCUT2D eigenvalue weighted by Crippen LogP contribution is 2.31. The Hall–Kier alpha value is -0.770. The lowest BCUT2D eigenvalue weighted by Crippen LogP contribution is -2.17. The second kappa shape index (κ2) is 5.25. The summed E-state index contributed by atoms with van der Waals surface area (Å²) in [4.78, 5) is 0. The van der Waals surface area contributed by atoms with Crippen molar-refractivity contribution in [2.75, 3.05) is 6.54 Å². The van der Waals surface area contributed by atoms with Crippen molar-refractivity contribution in [3.63, 3.8) is 0 Å². The quantitative estimate of drug-likeness (QED) is 0.900. The molecular weight excluding hydrogens is 238 g/mol. The fraction of sp³-hybridized carbons (Fsp3) is 0.538. The van der Waals surface area contributed by atoms with Gasteiger partial charge in [-0.1, -0.05) is 17.7 Å². The third-order valence-corrected chi connectivity index (χ3v) is 2.94. The van der Waals surface area contributed by atoms with Gasteiger partial charge in [-0.2, -0.15) is 0 Å². The summed E-state index contributed by atoms with van der Waals surface area (Å²) < 4.78 is 11.3. The van der Waals surface area contributed by atoms with Gasteiger partial charge in [0.15, 0.2) is 0 Å². The molecule has 1 fully saturated rings. The van der Waals surface area contributed by atoms with Gasteiger partial charge in [0.25, 0.3) is 0 Å². The molecule has 0 spiro atoms. The van der Waals surface area contributed by atoms with Gasteiger partial charge in [0.05, 0.1) is 17.2 Å². The maximum atomic E-state index is 6.19. The molecule has 1 heterocycles. The molecule has 1 aliphatic heterocycles. The van der Waals surface area contributed by atoms with Gasteiger partial charge in [-0.15, -0.1) is 0 Å². The maximum Gasteiger partial charge on any atom is 0.138 e. The van der Waals surface area contributed by atoms with Crippen molar-refractivity contribution >= 4 is 11.6 Å². The van der Waals surface area contributed by atoms with Crippen molar-refractivity contribution < 1.29 is 9.47 Å². The highest BCUT2D eigenvalue weighted by Gasteiger charge is 2.23. The summed E-state index contributed by atoms with van der Waals surface area (Å²) in [6.45, 7) is 6.78. The van der Waals surface area contributed by atoms with E-state index < -0.39 is 0 Å². The van der Waals surface area contributed by atoms with Crippen molar-refractivity contribution in [2.24, 2.45) is 0 Å². The molecule has 1 aliphatic rings. The number of benzene rings is 1. The predicted octanol–water partition coefficient (Wildman–Crippen LogP) is 3.13. The van der Waals surface area contributed by atoms with Crippen LogP contribution in [-0.2, 0) is 4.74 Å². The van der Waals surface area contributed by atoms with E-state index in [1.54, 1.807) is 0 Å². The second-order valence-corrected chi connectivity index (χ2v) is 4.94. The number of halogens is 1. The topological polar surface area (TPSA) is 30.5 Å². The van der Waals surface area contributed by atoms with E-state index in [0.29, 0.717) is 5.02 Å². The zero-order valence-corrected chi connectivity index (χ0v) is 11.1. The van der Waals surface area contributed by atoms with Crippen LogP contribution in [0.3, 0.4) is 0 Å². The van der Waals surface area contributed by atoms with E-state index in [-0.39, 0.29) is 18.4 Å². The van der Waals surface area contributed by atoms with Gasteiger partial charge < -0.3 is 9.47 Å². The van der Waals surface area contributed by atoms with E-state index >= 15 is 0 Å². The van der Waals surface area contributed by atoms with E-state index in [1.807, 2.05) is 39.0 Å². The predicted molar refractivity (Wildman–Crippen MR) is 68.5 cm³/mol. The molecule has 1 aromatic rings. The van der Waals surface area contributed by atoms with Crippen LogP contribution in [0.1, 0.15) is 32.4 Å². The van der Waals surface area contributed by atoms with Gasteiger partial charge in [0.1, 0.15) is 12.0 Å². The van der Waals surface area contributed by atoms with Crippen LogP contribution in [0.25, 0.3) is 0 Å². The maximum absolute atomic E-state index is 6.19. The molecule has 17 heavy (non-hydrogen) atoms. The van der Waals surface area contributed by atoms with Crippen molar-refractivity contribution in [1.82, 2.24) is 5.32 Å². The molecule has 1 N–H and O–H groups in total. The van der Waals surface area contributed by atoms with Gasteiger partial charge in [-0.3, -0.25) is 5.32 Å². The summed E-state index contributed by atoms with van der Waals surface area (Å²) in [5.74, 6) is 0.726. The van der Waals surface area contributed by atoms with Crippen LogP contribution in [-0.4, -0.2) is 18.9 Å². The first kappa shape index (κ1) is 12.7. The van der Waals surface area contributed by atoms with Crippen molar-refractivity contribution in [1.29, 1.82) is 0 Å². The zero-order valence-electron chi connectivity index (χ0n) is 10.4. The van der Waals surface area contributed by atoms with Crippen LogP contribution in [0.2, 0.25) is 5.02 Å². The third-order valence-electron chi connectivity index (χ3n) is 2.65. The minimum absolute atomic E-state index is 0.0793. The molecule has 0 amide bonds. The molecule has 2 rings (SSSR count). The first-order valence-corrected chi connectivity index (χ1v) is 6.29. The third kappa shape index (κ3) is 3.12. The molecule has 1 saturated heterocycles. The Morgan fingerprint density at radius 1 is 1.47 bits per heavy atom. The highest BCUT2D eigenvalue weighted by molar-refractivity contribution is 6.32. The Labute approximate surface area is 107 Å². The Morgan fingerprint density at radius 3 is 2.76 bits per heavy atom. The van der Waals surface area contributed by atoms with Gasteiger partial charge in [0.2, 0.25) is 0 Å². The van der Waals surface area contributed by atoms with Gasteiger partial charge >= 0.3 is 0 Å². The lowest BCUT2D eigenvalue weighted by atomic mass is 10.1. The van der Waals surface area contributed by atoms with Crippen molar-refractivity contribution in [3.05, 3.63) is 28.8 Å². The lowest BCUT2D eigenvalue weighted by Gasteiger charge is -2.14. The molecule has 1 aromatic carbocycles. The molecule has 0 bridgehead atoms. The lowest BCUT2D eigenvalue weighted by molar-refractivity contribution is 0.0529. The Kier molecular flexibility index (Phi) is 3.92. The molecular formula is C13H18ClNO2. The fourth-order valence-electron chi connectivity index (χ4n) is 1.88. The van der Waals surface area contributed by atoms with Crippen LogP contribution in [0.5, 0.6) is 5.75 Å². The molecule has 2 unspecified atom stereocenters. The molecule has 4 heteroatoms. The van der Waals surface area contributed by atoms with Crippen molar-refractivity contribution in [2.45, 2.75) is 39.2 Å². The Balaban J connectivity index is 2.13. The average molecular weight is 256 g/mol. The van der Waals surface area contributed by atoms with Crippen LogP contribution < -0.4 is 10.1 Å². The van der Waals surface area contributed by atoms with Crippen molar-refractivity contribution in [3.8, 4) is 5.75 Å². The van der Waals surface area contributed by atoms with Crippen LogP contribution >= 0.6 is 11.6 Å². The van der Waals surface area contributed by atoms with Gasteiger partial charge in [-0.05, 0) is 38.5 Å². The van der Waals surface area contributed by atoms with Gasteiger partial charge in [-0.25, -0.2) is 0 Å². The molecule has 0 aromatic heterocycles. The number of rotatable bonds is 3. The van der Waals surface area contributed by atoms with E-state index in [1.165, 1.54) is 0 Å². The summed E-state index contributed by atoms with van der Waals surface area (Å²) in [5.41, 5.74) is 1.09. The molecule has 3 nitrogen and oxygen atoms in total. The largest absolute Gasteiger partial charge is 0.489 e. The summed E-state index contributed by atoms with van der Waals surface area (Å²) in [6.07, 6.45) is 0.309. The fourth-order valence-corrected chi connectivity index (χ4v) is 2.11. The Morgan fingerprint density at radius 2 is 2.24 bits per heavy atom. The normalized spacial score (nSPS) is 24.3. The molecule has 0 radical (unpaired) electrons. The van der Waals surface area contributed by atoms with Gasteiger partial charge in [0, 0.05) is 6.54 Å². The number of ether oxygens (including phenoxy) is 2. The van der Waals surface area contributed by atoms with E-state index in [0.717, 1.165) is 17.9 Å². The van der Waals surface area contributed by atoms with Crippen LogP contribution in [0.15, 0.2) is 18.2 Å². The van der Waals surface area contributed by atoms with Crippen LogP contribution in [0.4, 0.5) is 0 Å². The Bertz CT molecular complexity index is 395. The standard InChI is InChI=1S/C13H18ClNO2/c1-8(2)16-12-5-4-10(6-11(12)14)13-7-15-9(3)17-13/h4-6,8-9,13,15H,7H2,1-3H3. The number of hydrogen-bond donors (Lipinski definition) is 1. The number of hydrogen-bond acceptors (Lipinski definition) is 3. The monoisotopic (exact) mass is 255 g/mol. The van der Waals surface area contributed by atoms with E-state index in [4.69, 9.17) is 21.1 Å². The second-order valence-electron chi connectivity index (χ2n) is 4.53. The smallest absolute Gasteiger partial charge is 0.138 e. The summed E-state index contributed by atoms with van der Waals surface area (Å²) in [6, 6.07) is 5.83. The average Bonchev–Trinajstić information content (AvgIpc) is 2.67. The molecule has 94 valence electrons. The minimum atomic E-state index is 0.0793. The first-order valence-electron chi connectivity index (χ1n) is 5.91. The summed E-state index contributed by atoms with van der Waals surface area (Å²) >= 11 is 6.19. The SMILES string of the molecule is CC(C)Oc1ccc(C2CNC(C)O2)cc1Cl. The first-order chi connectivity index (χ1) is 8.06. The molecule has 0 aliphatic carbocycles. The summed E-state index contributed by atoms with van der Waals surface area (Å²) in [5, 5.41) is 3.88. The highest BCUT2D eigenvalue weighted by atomic mass is 35.5. The minimum Gasteiger partial charge on any atom is -0.489 e. The molecule has 0 saturated carbocycles. The molecule has 2 atom stereocenters. The summed E-state index contributed by atoms with van der Waals surface area (Å²) in [7, 11) is 0. The number of nitrogens with one attached hydrogen (secondary N) is 1.